The van der Waals surface area contributed by atoms with Crippen molar-refractivity contribution in [3.63, 3.8) is 0 Å². The molecule has 28 heavy (non-hydrogen) atoms. The van der Waals surface area contributed by atoms with Crippen LogP contribution in [0.3, 0.4) is 0 Å². The van der Waals surface area contributed by atoms with E-state index in [0.29, 0.717) is 24.7 Å². The van der Waals surface area contributed by atoms with Crippen molar-refractivity contribution in [2.45, 2.75) is 38.3 Å². The molecule has 0 amide bonds. The summed E-state index contributed by atoms with van der Waals surface area (Å²) in [5, 5.41) is 0. The van der Waals surface area contributed by atoms with Crippen LogP contribution in [0.5, 0.6) is 11.5 Å². The number of likely N-dealkylation sites (tertiary alicyclic amines) is 1. The first kappa shape index (κ1) is 18.0. The summed E-state index contributed by atoms with van der Waals surface area (Å²) in [4.78, 5) is 2.60. The van der Waals surface area contributed by atoms with Gasteiger partial charge in [0.2, 0.25) is 6.79 Å². The zero-order valence-electron chi connectivity index (χ0n) is 16.5. The van der Waals surface area contributed by atoms with Crippen molar-refractivity contribution in [2.24, 2.45) is 5.92 Å². The predicted molar refractivity (Wildman–Crippen MR) is 109 cm³/mol. The number of hydrogen-bond acceptors (Lipinski definition) is 5. The normalized spacial score (nSPS) is 27.2. The minimum atomic E-state index is 0.339. The highest BCUT2D eigenvalue weighted by molar-refractivity contribution is 5.44. The second kappa shape index (κ2) is 7.74. The predicted octanol–water partition coefficient (Wildman–Crippen LogP) is 3.20. The fourth-order valence-electron chi connectivity index (χ4n) is 5.01. The molecule has 0 bridgehead atoms. The van der Waals surface area contributed by atoms with E-state index in [-0.39, 0.29) is 0 Å². The summed E-state index contributed by atoms with van der Waals surface area (Å²) in [5.74, 6) is 2.94. The zero-order chi connectivity index (χ0) is 18.9. The Morgan fingerprint density at radius 2 is 2.04 bits per heavy atom. The summed E-state index contributed by atoms with van der Waals surface area (Å²) >= 11 is 0. The Morgan fingerprint density at radius 3 is 2.96 bits per heavy atom. The number of ether oxygens (including phenoxy) is 2. The van der Waals surface area contributed by atoms with Crippen molar-refractivity contribution in [2.75, 3.05) is 26.4 Å². The molecule has 5 nitrogen and oxygen atoms in total. The third-order valence-electron chi connectivity index (χ3n) is 6.39. The standard InChI is InChI=1S/C23H29N3O2/c1-16-4-2-5-18(10-16)20-12-24-25-23(20)19-6-3-9-26(14-19)13-17-7-8-21-22(11-17)28-15-27-21/h2,4-5,7-8,10-11,19-20,23-25H,3,6,9,12-15H2,1H3. The summed E-state index contributed by atoms with van der Waals surface area (Å²) in [7, 11) is 0. The molecule has 2 aromatic carbocycles. The summed E-state index contributed by atoms with van der Waals surface area (Å²) < 4.78 is 11.0. The number of rotatable bonds is 4. The monoisotopic (exact) mass is 379 g/mol. The van der Waals surface area contributed by atoms with Gasteiger partial charge in [-0.2, -0.15) is 0 Å². The minimum Gasteiger partial charge on any atom is -0.454 e. The quantitative estimate of drug-likeness (QED) is 0.854. The van der Waals surface area contributed by atoms with Crippen molar-refractivity contribution in [3.8, 4) is 11.5 Å². The first-order chi connectivity index (χ1) is 13.8. The number of hydrazine groups is 1. The molecule has 0 radical (unpaired) electrons. The van der Waals surface area contributed by atoms with E-state index in [2.05, 4.69) is 59.1 Å². The molecular weight excluding hydrogens is 350 g/mol. The molecule has 0 spiro atoms. The van der Waals surface area contributed by atoms with E-state index in [4.69, 9.17) is 9.47 Å². The molecule has 0 saturated carbocycles. The van der Waals surface area contributed by atoms with Gasteiger partial charge in [-0.25, -0.2) is 0 Å². The second-order valence-electron chi connectivity index (χ2n) is 8.40. The third-order valence-corrected chi connectivity index (χ3v) is 6.39. The van der Waals surface area contributed by atoms with Crippen LogP contribution in [-0.2, 0) is 6.54 Å². The molecule has 2 N–H and O–H groups in total. The van der Waals surface area contributed by atoms with Gasteiger partial charge in [0.15, 0.2) is 11.5 Å². The van der Waals surface area contributed by atoms with Crippen LogP contribution in [0.1, 0.15) is 35.4 Å². The molecule has 2 saturated heterocycles. The van der Waals surface area contributed by atoms with Crippen LogP contribution in [0.25, 0.3) is 0 Å². The average molecular weight is 380 g/mol. The van der Waals surface area contributed by atoms with Gasteiger partial charge in [0.25, 0.3) is 0 Å². The lowest BCUT2D eigenvalue weighted by Crippen LogP contribution is -2.46. The Morgan fingerprint density at radius 1 is 1.11 bits per heavy atom. The highest BCUT2D eigenvalue weighted by Gasteiger charge is 2.36. The maximum absolute atomic E-state index is 5.54. The largest absolute Gasteiger partial charge is 0.454 e. The second-order valence-corrected chi connectivity index (χ2v) is 8.40. The summed E-state index contributed by atoms with van der Waals surface area (Å²) in [5.41, 5.74) is 11.1. The Kier molecular flexibility index (Phi) is 4.97. The van der Waals surface area contributed by atoms with E-state index in [1.807, 2.05) is 6.07 Å². The first-order valence-electron chi connectivity index (χ1n) is 10.4. The van der Waals surface area contributed by atoms with E-state index in [0.717, 1.165) is 31.1 Å². The molecule has 5 rings (SSSR count). The maximum atomic E-state index is 5.54. The fraction of sp³-hybridized carbons (Fsp3) is 0.478. The van der Waals surface area contributed by atoms with Crippen molar-refractivity contribution in [3.05, 3.63) is 59.2 Å². The van der Waals surface area contributed by atoms with Gasteiger partial charge in [-0.05, 0) is 55.5 Å². The molecule has 0 aromatic heterocycles. The smallest absolute Gasteiger partial charge is 0.231 e. The van der Waals surface area contributed by atoms with E-state index in [9.17, 15) is 0 Å². The Balaban J connectivity index is 1.27. The van der Waals surface area contributed by atoms with Crippen molar-refractivity contribution >= 4 is 0 Å². The fourth-order valence-corrected chi connectivity index (χ4v) is 5.01. The van der Waals surface area contributed by atoms with Crippen molar-refractivity contribution in [1.29, 1.82) is 0 Å². The van der Waals surface area contributed by atoms with Gasteiger partial charge in [0.05, 0.1) is 0 Å². The van der Waals surface area contributed by atoms with E-state index < -0.39 is 0 Å². The maximum Gasteiger partial charge on any atom is 0.231 e. The highest BCUT2D eigenvalue weighted by Crippen LogP contribution is 2.35. The lowest BCUT2D eigenvalue weighted by atomic mass is 9.81. The summed E-state index contributed by atoms with van der Waals surface area (Å²) in [6.45, 7) is 6.80. The average Bonchev–Trinajstić information content (AvgIpc) is 3.37. The zero-order valence-corrected chi connectivity index (χ0v) is 16.5. The number of benzene rings is 2. The Bertz CT molecular complexity index is 840. The molecule has 3 unspecified atom stereocenters. The minimum absolute atomic E-state index is 0.339. The number of fused-ring (bicyclic) bond motifs is 1. The van der Waals surface area contributed by atoms with Crippen molar-refractivity contribution < 1.29 is 9.47 Å². The molecule has 3 atom stereocenters. The van der Waals surface area contributed by atoms with Crippen LogP contribution in [0, 0.1) is 12.8 Å². The third kappa shape index (κ3) is 3.62. The van der Waals surface area contributed by atoms with Gasteiger partial charge >= 0.3 is 0 Å². The highest BCUT2D eigenvalue weighted by atomic mass is 16.7. The van der Waals surface area contributed by atoms with Gasteiger partial charge < -0.3 is 9.47 Å². The lowest BCUT2D eigenvalue weighted by Gasteiger charge is -2.37. The Hall–Kier alpha value is -2.08. The lowest BCUT2D eigenvalue weighted by molar-refractivity contribution is 0.139. The molecule has 3 aliphatic rings. The van der Waals surface area contributed by atoms with Gasteiger partial charge in [0, 0.05) is 31.6 Å². The molecule has 3 heterocycles. The van der Waals surface area contributed by atoms with Crippen LogP contribution < -0.4 is 20.3 Å². The van der Waals surface area contributed by atoms with Gasteiger partial charge in [-0.3, -0.25) is 15.8 Å². The SMILES string of the molecule is Cc1cccc(C2CNNC2C2CCCN(Cc3ccc4c(c3)OCO4)C2)c1. The van der Waals surface area contributed by atoms with Crippen LogP contribution in [0.4, 0.5) is 0 Å². The summed E-state index contributed by atoms with van der Waals surface area (Å²) in [6, 6.07) is 15.8. The number of nitrogens with zero attached hydrogens (tertiary/aromatic N) is 1. The van der Waals surface area contributed by atoms with Crippen LogP contribution in [0.15, 0.2) is 42.5 Å². The molecule has 2 aromatic rings. The van der Waals surface area contributed by atoms with Crippen LogP contribution in [0.2, 0.25) is 0 Å². The van der Waals surface area contributed by atoms with E-state index in [1.54, 1.807) is 0 Å². The summed E-state index contributed by atoms with van der Waals surface area (Å²) in [6.07, 6.45) is 2.55. The molecule has 2 fully saturated rings. The molecule has 3 aliphatic heterocycles. The van der Waals surface area contributed by atoms with Crippen LogP contribution >= 0.6 is 0 Å². The topological polar surface area (TPSA) is 45.8 Å². The number of nitrogens with one attached hydrogen (secondary N) is 2. The molecular formula is C23H29N3O2. The Labute approximate surface area is 167 Å². The van der Waals surface area contributed by atoms with Gasteiger partial charge in [0.1, 0.15) is 0 Å². The van der Waals surface area contributed by atoms with Gasteiger partial charge in [-0.1, -0.05) is 35.9 Å². The number of aryl methyl sites for hydroxylation is 1. The van der Waals surface area contributed by atoms with E-state index in [1.165, 1.54) is 36.1 Å². The van der Waals surface area contributed by atoms with Crippen LogP contribution in [-0.4, -0.2) is 37.4 Å². The van der Waals surface area contributed by atoms with Crippen molar-refractivity contribution in [1.82, 2.24) is 15.8 Å². The number of hydrogen-bond donors (Lipinski definition) is 2. The molecule has 0 aliphatic carbocycles. The molecule has 148 valence electrons. The van der Waals surface area contributed by atoms with E-state index >= 15 is 0 Å². The number of piperidine rings is 1. The van der Waals surface area contributed by atoms with Gasteiger partial charge in [-0.15, -0.1) is 0 Å². The molecule has 5 heteroatoms. The first-order valence-corrected chi connectivity index (χ1v) is 10.4.